The number of nitrogens with zero attached hydrogens (tertiary/aromatic N) is 1. The van der Waals surface area contributed by atoms with Crippen molar-refractivity contribution < 1.29 is 9.90 Å². The summed E-state index contributed by atoms with van der Waals surface area (Å²) in [5.74, 6) is -0.324. The fourth-order valence-corrected chi connectivity index (χ4v) is 2.16. The molecule has 1 aliphatic carbocycles. The average molecular weight is 265 g/mol. The molecule has 0 spiro atoms. The molecule has 3 N–H and O–H groups in total. The van der Waals surface area contributed by atoms with Crippen molar-refractivity contribution in [2.75, 3.05) is 6.61 Å². The van der Waals surface area contributed by atoms with Crippen LogP contribution >= 0.6 is 0 Å². The third kappa shape index (κ3) is 5.31. The predicted octanol–water partition coefficient (Wildman–Crippen LogP) is 1.20. The van der Waals surface area contributed by atoms with Gasteiger partial charge >= 0.3 is 0 Å². The average Bonchev–Trinajstić information content (AvgIpc) is 2.45. The van der Waals surface area contributed by atoms with Crippen LogP contribution in [0.1, 0.15) is 45.4 Å². The summed E-state index contributed by atoms with van der Waals surface area (Å²) < 4.78 is 0. The molecule has 1 aliphatic rings. The lowest BCUT2D eigenvalue weighted by Crippen LogP contribution is -2.37. The maximum atomic E-state index is 11.9. The van der Waals surface area contributed by atoms with Gasteiger partial charge in [-0.1, -0.05) is 26.2 Å². The summed E-state index contributed by atoms with van der Waals surface area (Å²) in [5.41, 5.74) is 0.0671. The number of hydrogen-bond donors (Lipinski definition) is 3. The van der Waals surface area contributed by atoms with E-state index in [4.69, 9.17) is 10.4 Å². The van der Waals surface area contributed by atoms with E-state index >= 15 is 0 Å². The second-order valence-corrected chi connectivity index (χ2v) is 4.93. The molecule has 1 atom stereocenters. The molecule has 0 aromatic rings. The summed E-state index contributed by atoms with van der Waals surface area (Å²) in [7, 11) is 0. The molecule has 5 heteroatoms. The maximum Gasteiger partial charge on any atom is 0.263 e. The van der Waals surface area contributed by atoms with Crippen molar-refractivity contribution in [1.29, 1.82) is 5.26 Å². The highest BCUT2D eigenvalue weighted by Gasteiger charge is 2.18. The number of amides is 1. The first-order valence-electron chi connectivity index (χ1n) is 6.99. The van der Waals surface area contributed by atoms with Gasteiger partial charge < -0.3 is 15.7 Å². The Bertz CT molecular complexity index is 350. The standard InChI is InChI=1S/C14H23N3O2/c1-2-12(10-18)16-9-11(8-15)14(19)17-13-6-4-3-5-7-13/h9,12-13,16,18H,2-7,10H2,1H3,(H,17,19)/b11-9-. The Kier molecular flexibility index (Phi) is 6.98. The normalized spacial score (nSPS) is 18.5. The molecule has 106 valence electrons. The lowest BCUT2D eigenvalue weighted by molar-refractivity contribution is -0.118. The fraction of sp³-hybridized carbons (Fsp3) is 0.714. The molecule has 19 heavy (non-hydrogen) atoms. The van der Waals surface area contributed by atoms with E-state index in [0.717, 1.165) is 32.1 Å². The van der Waals surface area contributed by atoms with Crippen molar-refractivity contribution >= 4 is 5.91 Å². The molecule has 1 fully saturated rings. The van der Waals surface area contributed by atoms with Crippen LogP contribution in [0.5, 0.6) is 0 Å². The van der Waals surface area contributed by atoms with Crippen LogP contribution in [0.2, 0.25) is 0 Å². The quantitative estimate of drug-likeness (QED) is 0.497. The number of nitrogens with one attached hydrogen (secondary N) is 2. The summed E-state index contributed by atoms with van der Waals surface area (Å²) >= 11 is 0. The minimum absolute atomic E-state index is 0.0179. The van der Waals surface area contributed by atoms with E-state index in [9.17, 15) is 4.79 Å². The van der Waals surface area contributed by atoms with Gasteiger partial charge in [-0.2, -0.15) is 5.26 Å². The van der Waals surface area contributed by atoms with Crippen LogP contribution in [-0.2, 0) is 4.79 Å². The largest absolute Gasteiger partial charge is 0.394 e. The zero-order chi connectivity index (χ0) is 14.1. The molecule has 0 aliphatic heterocycles. The molecule has 1 saturated carbocycles. The van der Waals surface area contributed by atoms with E-state index in [0.29, 0.717) is 0 Å². The van der Waals surface area contributed by atoms with Gasteiger partial charge in [0, 0.05) is 18.3 Å². The van der Waals surface area contributed by atoms with Crippen LogP contribution in [0, 0.1) is 11.3 Å². The highest BCUT2D eigenvalue weighted by molar-refractivity contribution is 5.97. The number of aliphatic hydroxyl groups is 1. The number of hydrogen-bond acceptors (Lipinski definition) is 4. The van der Waals surface area contributed by atoms with Crippen molar-refractivity contribution in [2.45, 2.75) is 57.5 Å². The summed E-state index contributed by atoms with van der Waals surface area (Å²) in [6, 6.07) is 1.97. The van der Waals surface area contributed by atoms with Gasteiger partial charge in [-0.15, -0.1) is 0 Å². The summed E-state index contributed by atoms with van der Waals surface area (Å²) in [5, 5.41) is 23.8. The first kappa shape index (κ1) is 15.5. The van der Waals surface area contributed by atoms with Crippen molar-refractivity contribution in [3.8, 4) is 6.07 Å². The monoisotopic (exact) mass is 265 g/mol. The van der Waals surface area contributed by atoms with Gasteiger partial charge in [-0.05, 0) is 19.3 Å². The number of carbonyl (C=O) groups is 1. The Morgan fingerprint density at radius 2 is 2.16 bits per heavy atom. The third-order valence-electron chi connectivity index (χ3n) is 3.48. The lowest BCUT2D eigenvalue weighted by Gasteiger charge is -2.22. The number of carbonyl (C=O) groups excluding carboxylic acids is 1. The van der Waals surface area contributed by atoms with Crippen LogP contribution in [0.15, 0.2) is 11.8 Å². The molecular weight excluding hydrogens is 242 g/mol. The van der Waals surface area contributed by atoms with E-state index in [2.05, 4.69) is 10.6 Å². The second kappa shape index (κ2) is 8.54. The third-order valence-corrected chi connectivity index (χ3v) is 3.48. The van der Waals surface area contributed by atoms with Crippen LogP contribution in [0.25, 0.3) is 0 Å². The smallest absolute Gasteiger partial charge is 0.263 e. The van der Waals surface area contributed by atoms with Crippen LogP contribution < -0.4 is 10.6 Å². The number of rotatable bonds is 6. The van der Waals surface area contributed by atoms with E-state index in [1.54, 1.807) is 0 Å². The minimum Gasteiger partial charge on any atom is -0.394 e. The van der Waals surface area contributed by atoms with Crippen molar-refractivity contribution in [3.63, 3.8) is 0 Å². The number of nitriles is 1. The first-order valence-corrected chi connectivity index (χ1v) is 6.99. The maximum absolute atomic E-state index is 11.9. The SMILES string of the molecule is CCC(CO)N/C=C(/C#N)C(=O)NC1CCCCC1. The fourth-order valence-electron chi connectivity index (χ4n) is 2.16. The molecule has 1 amide bonds. The zero-order valence-corrected chi connectivity index (χ0v) is 11.5. The topological polar surface area (TPSA) is 85.2 Å². The second-order valence-electron chi connectivity index (χ2n) is 4.93. The molecule has 5 nitrogen and oxygen atoms in total. The van der Waals surface area contributed by atoms with E-state index in [-0.39, 0.29) is 30.2 Å². The molecule has 0 heterocycles. The molecule has 0 aromatic heterocycles. The van der Waals surface area contributed by atoms with Gasteiger partial charge in [0.2, 0.25) is 0 Å². The highest BCUT2D eigenvalue weighted by atomic mass is 16.3. The van der Waals surface area contributed by atoms with Crippen LogP contribution in [-0.4, -0.2) is 29.7 Å². The molecule has 0 saturated heterocycles. The summed E-state index contributed by atoms with van der Waals surface area (Å²) in [4.78, 5) is 11.9. The lowest BCUT2D eigenvalue weighted by atomic mass is 9.95. The highest BCUT2D eigenvalue weighted by Crippen LogP contribution is 2.17. The van der Waals surface area contributed by atoms with Gasteiger partial charge in [0.1, 0.15) is 11.6 Å². The molecule has 0 bridgehead atoms. The van der Waals surface area contributed by atoms with Crippen LogP contribution in [0.3, 0.4) is 0 Å². The van der Waals surface area contributed by atoms with Gasteiger partial charge in [-0.25, -0.2) is 0 Å². The molecular formula is C14H23N3O2. The van der Waals surface area contributed by atoms with Gasteiger partial charge in [-0.3, -0.25) is 4.79 Å². The van der Waals surface area contributed by atoms with E-state index in [1.807, 2.05) is 13.0 Å². The Morgan fingerprint density at radius 3 is 2.68 bits per heavy atom. The van der Waals surface area contributed by atoms with Crippen LogP contribution in [0.4, 0.5) is 0 Å². The Labute approximate surface area is 114 Å². The Morgan fingerprint density at radius 1 is 1.47 bits per heavy atom. The summed E-state index contributed by atoms with van der Waals surface area (Å²) in [6.07, 6.45) is 7.62. The predicted molar refractivity (Wildman–Crippen MR) is 73.0 cm³/mol. The minimum atomic E-state index is -0.324. The first-order chi connectivity index (χ1) is 9.21. The van der Waals surface area contributed by atoms with Crippen molar-refractivity contribution in [2.24, 2.45) is 0 Å². The van der Waals surface area contributed by atoms with Gasteiger partial charge in [0.15, 0.2) is 0 Å². The van der Waals surface area contributed by atoms with Gasteiger partial charge in [0.25, 0.3) is 5.91 Å². The zero-order valence-electron chi connectivity index (χ0n) is 11.5. The Hall–Kier alpha value is -1.54. The summed E-state index contributed by atoms with van der Waals surface area (Å²) in [6.45, 7) is 1.91. The molecule has 1 unspecified atom stereocenters. The molecule has 1 rings (SSSR count). The molecule has 0 radical (unpaired) electrons. The molecule has 0 aromatic carbocycles. The number of aliphatic hydroxyl groups excluding tert-OH is 1. The van der Waals surface area contributed by atoms with Crippen molar-refractivity contribution in [3.05, 3.63) is 11.8 Å². The van der Waals surface area contributed by atoms with E-state index < -0.39 is 0 Å². The van der Waals surface area contributed by atoms with E-state index in [1.165, 1.54) is 12.6 Å². The van der Waals surface area contributed by atoms with Crippen molar-refractivity contribution in [1.82, 2.24) is 10.6 Å². The Balaban J connectivity index is 2.51. The van der Waals surface area contributed by atoms with Gasteiger partial charge in [0.05, 0.1) is 6.61 Å².